The number of ether oxygens (including phenoxy) is 1. The average Bonchev–Trinajstić information content (AvgIpc) is 2.53. The molecule has 0 aliphatic carbocycles. The molecule has 0 spiro atoms. The normalized spacial score (nSPS) is 10.0. The number of benzene rings is 2. The van der Waals surface area contributed by atoms with Gasteiger partial charge in [0.25, 0.3) is 0 Å². The molecule has 0 aliphatic heterocycles. The molecule has 0 aromatic heterocycles. The molecule has 0 radical (unpaired) electrons. The van der Waals surface area contributed by atoms with Gasteiger partial charge < -0.3 is 10.1 Å². The lowest BCUT2D eigenvalue weighted by Crippen LogP contribution is -2.13. The van der Waals surface area contributed by atoms with Crippen LogP contribution in [-0.4, -0.2) is 12.5 Å². The van der Waals surface area contributed by atoms with E-state index in [2.05, 4.69) is 11.9 Å². The number of anilines is 1. The lowest BCUT2D eigenvalue weighted by atomic mass is 10.1. The van der Waals surface area contributed by atoms with E-state index in [1.807, 2.05) is 48.5 Å². The Morgan fingerprint density at radius 2 is 1.91 bits per heavy atom. The van der Waals surface area contributed by atoms with Crippen molar-refractivity contribution < 1.29 is 9.53 Å². The third kappa shape index (κ3) is 4.64. The SMILES string of the molecule is C=CCOc1ccccc1NC(=O)CCc1ccccc1Cl. The predicted molar refractivity (Wildman–Crippen MR) is 90.5 cm³/mol. The summed E-state index contributed by atoms with van der Waals surface area (Å²) in [5, 5.41) is 3.55. The Morgan fingerprint density at radius 3 is 2.68 bits per heavy atom. The van der Waals surface area contributed by atoms with Gasteiger partial charge in [0.1, 0.15) is 12.4 Å². The molecule has 0 unspecified atom stereocenters. The Bertz CT molecular complexity index is 655. The first-order valence-corrected chi connectivity index (χ1v) is 7.44. The molecule has 4 heteroatoms. The summed E-state index contributed by atoms with van der Waals surface area (Å²) in [4.78, 5) is 12.1. The molecular formula is C18H18ClNO2. The van der Waals surface area contributed by atoms with Gasteiger partial charge in [-0.25, -0.2) is 0 Å². The number of nitrogens with one attached hydrogen (secondary N) is 1. The zero-order valence-corrected chi connectivity index (χ0v) is 13.0. The molecule has 0 bridgehead atoms. The molecule has 2 rings (SSSR count). The van der Waals surface area contributed by atoms with E-state index in [4.69, 9.17) is 16.3 Å². The van der Waals surface area contributed by atoms with Crippen molar-refractivity contribution in [1.82, 2.24) is 0 Å². The summed E-state index contributed by atoms with van der Waals surface area (Å²) in [6, 6.07) is 14.9. The van der Waals surface area contributed by atoms with Gasteiger partial charge in [0.2, 0.25) is 5.91 Å². The highest BCUT2D eigenvalue weighted by Gasteiger charge is 2.08. The molecule has 22 heavy (non-hydrogen) atoms. The third-order valence-electron chi connectivity index (χ3n) is 3.10. The van der Waals surface area contributed by atoms with Crippen molar-refractivity contribution in [2.45, 2.75) is 12.8 Å². The predicted octanol–water partition coefficient (Wildman–Crippen LogP) is 4.48. The van der Waals surface area contributed by atoms with Crippen molar-refractivity contribution in [3.63, 3.8) is 0 Å². The van der Waals surface area contributed by atoms with E-state index in [0.717, 1.165) is 5.56 Å². The summed E-state index contributed by atoms with van der Waals surface area (Å²) < 4.78 is 5.52. The Labute approximate surface area is 135 Å². The van der Waals surface area contributed by atoms with E-state index >= 15 is 0 Å². The molecule has 1 N–H and O–H groups in total. The van der Waals surface area contributed by atoms with Crippen LogP contribution in [0.15, 0.2) is 61.2 Å². The molecule has 114 valence electrons. The summed E-state index contributed by atoms with van der Waals surface area (Å²) in [5.74, 6) is 0.558. The molecule has 1 amide bonds. The number of amides is 1. The van der Waals surface area contributed by atoms with Crippen LogP contribution in [-0.2, 0) is 11.2 Å². The minimum atomic E-state index is -0.0745. The second-order valence-corrected chi connectivity index (χ2v) is 5.14. The Kier molecular flexibility index (Phi) is 6.04. The maximum absolute atomic E-state index is 12.1. The molecule has 0 saturated carbocycles. The zero-order valence-electron chi connectivity index (χ0n) is 12.2. The average molecular weight is 316 g/mol. The largest absolute Gasteiger partial charge is 0.487 e. The summed E-state index contributed by atoms with van der Waals surface area (Å²) in [5.41, 5.74) is 1.63. The van der Waals surface area contributed by atoms with Crippen LogP contribution in [0.1, 0.15) is 12.0 Å². The van der Waals surface area contributed by atoms with Crippen molar-refractivity contribution in [3.8, 4) is 5.75 Å². The second-order valence-electron chi connectivity index (χ2n) is 4.74. The van der Waals surface area contributed by atoms with Gasteiger partial charge in [0.15, 0.2) is 0 Å². The Balaban J connectivity index is 1.95. The fourth-order valence-electron chi connectivity index (χ4n) is 2.01. The van der Waals surface area contributed by atoms with Crippen LogP contribution in [0.25, 0.3) is 0 Å². The minimum absolute atomic E-state index is 0.0745. The van der Waals surface area contributed by atoms with E-state index in [-0.39, 0.29) is 5.91 Å². The standard InChI is InChI=1S/C18H18ClNO2/c1-2-13-22-17-10-6-5-9-16(17)20-18(21)12-11-14-7-3-4-8-15(14)19/h2-10H,1,11-13H2,(H,20,21). The number of carbonyl (C=O) groups excluding carboxylic acids is 1. The second kappa shape index (κ2) is 8.25. The molecule has 0 heterocycles. The van der Waals surface area contributed by atoms with Crippen molar-refractivity contribution in [2.75, 3.05) is 11.9 Å². The van der Waals surface area contributed by atoms with Gasteiger partial charge in [-0.05, 0) is 30.2 Å². The van der Waals surface area contributed by atoms with E-state index in [1.54, 1.807) is 6.08 Å². The first-order chi connectivity index (χ1) is 10.7. The van der Waals surface area contributed by atoms with Crippen LogP contribution < -0.4 is 10.1 Å². The van der Waals surface area contributed by atoms with E-state index < -0.39 is 0 Å². The maximum atomic E-state index is 12.1. The van der Waals surface area contributed by atoms with Crippen LogP contribution in [0.3, 0.4) is 0 Å². The third-order valence-corrected chi connectivity index (χ3v) is 3.47. The van der Waals surface area contributed by atoms with E-state index in [9.17, 15) is 4.79 Å². The monoisotopic (exact) mass is 315 g/mol. The molecule has 3 nitrogen and oxygen atoms in total. The molecule has 0 atom stereocenters. The van der Waals surface area contributed by atoms with Crippen LogP contribution in [0.4, 0.5) is 5.69 Å². The quantitative estimate of drug-likeness (QED) is 0.765. The van der Waals surface area contributed by atoms with Crippen LogP contribution in [0.2, 0.25) is 5.02 Å². The summed E-state index contributed by atoms with van der Waals surface area (Å²) in [6.45, 7) is 4.01. The summed E-state index contributed by atoms with van der Waals surface area (Å²) in [6.07, 6.45) is 2.62. The van der Waals surface area contributed by atoms with Gasteiger partial charge in [-0.2, -0.15) is 0 Å². The zero-order chi connectivity index (χ0) is 15.8. The molecule has 2 aromatic rings. The molecular weight excluding hydrogens is 298 g/mol. The Hall–Kier alpha value is -2.26. The van der Waals surface area contributed by atoms with Gasteiger partial charge in [-0.15, -0.1) is 0 Å². The highest BCUT2D eigenvalue weighted by molar-refractivity contribution is 6.31. The number of hydrogen-bond donors (Lipinski definition) is 1. The maximum Gasteiger partial charge on any atom is 0.224 e. The summed E-state index contributed by atoms with van der Waals surface area (Å²) in [7, 11) is 0. The van der Waals surface area contributed by atoms with Crippen LogP contribution in [0.5, 0.6) is 5.75 Å². The number of rotatable bonds is 7. The van der Waals surface area contributed by atoms with Gasteiger partial charge in [0.05, 0.1) is 5.69 Å². The van der Waals surface area contributed by atoms with Crippen LogP contribution in [0, 0.1) is 0 Å². The van der Waals surface area contributed by atoms with E-state index in [0.29, 0.717) is 35.9 Å². The molecule has 0 aliphatic rings. The highest BCUT2D eigenvalue weighted by atomic mass is 35.5. The Morgan fingerprint density at radius 1 is 1.18 bits per heavy atom. The number of aryl methyl sites for hydroxylation is 1. The lowest BCUT2D eigenvalue weighted by molar-refractivity contribution is -0.116. The van der Waals surface area contributed by atoms with Gasteiger partial charge >= 0.3 is 0 Å². The number of halogens is 1. The highest BCUT2D eigenvalue weighted by Crippen LogP contribution is 2.24. The van der Waals surface area contributed by atoms with E-state index in [1.165, 1.54) is 0 Å². The topological polar surface area (TPSA) is 38.3 Å². The number of hydrogen-bond acceptors (Lipinski definition) is 2. The fraction of sp³-hybridized carbons (Fsp3) is 0.167. The van der Waals surface area contributed by atoms with Gasteiger partial charge in [0, 0.05) is 11.4 Å². The molecule has 0 saturated heterocycles. The number of para-hydroxylation sites is 2. The van der Waals surface area contributed by atoms with Crippen molar-refractivity contribution in [3.05, 3.63) is 71.8 Å². The van der Waals surface area contributed by atoms with Crippen LogP contribution >= 0.6 is 11.6 Å². The molecule has 2 aromatic carbocycles. The van der Waals surface area contributed by atoms with Crippen molar-refractivity contribution in [2.24, 2.45) is 0 Å². The van der Waals surface area contributed by atoms with Gasteiger partial charge in [-0.3, -0.25) is 4.79 Å². The lowest BCUT2D eigenvalue weighted by Gasteiger charge is -2.11. The van der Waals surface area contributed by atoms with Crippen molar-refractivity contribution >= 4 is 23.2 Å². The smallest absolute Gasteiger partial charge is 0.224 e. The molecule has 0 fully saturated rings. The van der Waals surface area contributed by atoms with Crippen molar-refractivity contribution in [1.29, 1.82) is 0 Å². The number of carbonyl (C=O) groups is 1. The minimum Gasteiger partial charge on any atom is -0.487 e. The van der Waals surface area contributed by atoms with Gasteiger partial charge in [-0.1, -0.05) is 54.6 Å². The fourth-order valence-corrected chi connectivity index (χ4v) is 2.24. The first-order valence-electron chi connectivity index (χ1n) is 7.06. The first kappa shape index (κ1) is 16.1. The summed E-state index contributed by atoms with van der Waals surface area (Å²) >= 11 is 6.09.